The third kappa shape index (κ3) is 3.39. The molecule has 0 radical (unpaired) electrons. The van der Waals surface area contributed by atoms with Gasteiger partial charge in [-0.05, 0) is 35.6 Å². The molecule has 4 nitrogen and oxygen atoms in total. The van der Waals surface area contributed by atoms with Gasteiger partial charge in [0, 0.05) is 5.69 Å². The first kappa shape index (κ1) is 15.9. The number of amides is 1. The first-order chi connectivity index (χ1) is 9.73. The number of carbonyl (C=O) groups excluding carboxylic acids is 1. The van der Waals surface area contributed by atoms with E-state index in [0.29, 0.717) is 5.69 Å². The minimum absolute atomic E-state index is 0.0230. The normalized spacial score (nSPS) is 22.3. The number of carboxylic acid groups (broad SMARTS) is 1. The minimum Gasteiger partial charge on any atom is -0.478 e. The monoisotopic (exact) mass is 327 g/mol. The maximum Gasteiger partial charge on any atom is 0.335 e. The molecule has 2 N–H and O–H groups in total. The third-order valence-corrected chi connectivity index (χ3v) is 4.13. The molecular weight excluding hydrogens is 313 g/mol. The number of hydrogen-bond donors (Lipinski definition) is 2. The molecule has 1 aliphatic rings. The van der Waals surface area contributed by atoms with Crippen LogP contribution in [0.15, 0.2) is 34.8 Å². The van der Waals surface area contributed by atoms with E-state index in [2.05, 4.69) is 5.32 Å². The second-order valence-corrected chi connectivity index (χ2v) is 6.66. The first-order valence-electron chi connectivity index (χ1n) is 6.40. The molecular formula is C15H15Cl2NO3. The summed E-state index contributed by atoms with van der Waals surface area (Å²) >= 11 is 11.3. The molecule has 1 aromatic rings. The second kappa shape index (κ2) is 5.70. The summed E-state index contributed by atoms with van der Waals surface area (Å²) in [5.74, 6) is -1.46. The van der Waals surface area contributed by atoms with Crippen LogP contribution < -0.4 is 5.32 Å². The number of rotatable bonds is 4. The smallest absolute Gasteiger partial charge is 0.335 e. The van der Waals surface area contributed by atoms with Gasteiger partial charge in [-0.15, -0.1) is 0 Å². The lowest BCUT2D eigenvalue weighted by atomic mass is 10.1. The lowest BCUT2D eigenvalue weighted by molar-refractivity contribution is -0.118. The van der Waals surface area contributed by atoms with Gasteiger partial charge >= 0.3 is 5.97 Å². The molecule has 2 atom stereocenters. The minimum atomic E-state index is -1.03. The third-order valence-electron chi connectivity index (χ3n) is 3.88. The number of allylic oxidation sites excluding steroid dienone is 1. The molecule has 1 amide bonds. The van der Waals surface area contributed by atoms with Gasteiger partial charge in [-0.2, -0.15) is 0 Å². The molecule has 1 aromatic carbocycles. The maximum atomic E-state index is 12.3. The van der Waals surface area contributed by atoms with Crippen molar-refractivity contribution in [3.63, 3.8) is 0 Å². The summed E-state index contributed by atoms with van der Waals surface area (Å²) in [7, 11) is 0. The van der Waals surface area contributed by atoms with Crippen LogP contribution in [0.1, 0.15) is 24.2 Å². The van der Waals surface area contributed by atoms with Crippen molar-refractivity contribution in [1.82, 2.24) is 0 Å². The Kier molecular flexibility index (Phi) is 4.30. The molecule has 0 aromatic heterocycles. The second-order valence-electron chi connectivity index (χ2n) is 5.66. The molecule has 0 unspecified atom stereocenters. The van der Waals surface area contributed by atoms with Crippen LogP contribution in [0.4, 0.5) is 5.69 Å². The maximum absolute atomic E-state index is 12.3. The largest absolute Gasteiger partial charge is 0.478 e. The molecule has 21 heavy (non-hydrogen) atoms. The molecule has 6 heteroatoms. The standard InChI is InChI=1S/C15H15Cl2NO3/c1-15(2)10(7-11(16)17)12(15)13(19)18-9-5-3-4-8(6-9)14(20)21/h3-7,10,12H,1-2H3,(H,18,19)(H,20,21)/t10-,12+/m1/s1. The van der Waals surface area contributed by atoms with Crippen LogP contribution >= 0.6 is 23.2 Å². The average molecular weight is 328 g/mol. The summed E-state index contributed by atoms with van der Waals surface area (Å²) in [4.78, 5) is 23.2. The van der Waals surface area contributed by atoms with Crippen molar-refractivity contribution in [2.75, 3.05) is 5.32 Å². The van der Waals surface area contributed by atoms with Gasteiger partial charge in [0.05, 0.1) is 11.5 Å². The topological polar surface area (TPSA) is 66.4 Å². The van der Waals surface area contributed by atoms with Crippen molar-refractivity contribution in [2.24, 2.45) is 17.3 Å². The van der Waals surface area contributed by atoms with E-state index in [0.717, 1.165) is 0 Å². The Bertz CT molecular complexity index is 621. The van der Waals surface area contributed by atoms with Crippen molar-refractivity contribution in [3.05, 3.63) is 40.4 Å². The molecule has 0 aliphatic heterocycles. The van der Waals surface area contributed by atoms with E-state index in [1.54, 1.807) is 18.2 Å². The highest BCUT2D eigenvalue weighted by Crippen LogP contribution is 2.60. The summed E-state index contributed by atoms with van der Waals surface area (Å²) < 4.78 is 0.149. The number of hydrogen-bond acceptors (Lipinski definition) is 2. The lowest BCUT2D eigenvalue weighted by Crippen LogP contribution is -2.17. The summed E-state index contributed by atoms with van der Waals surface area (Å²) in [6, 6.07) is 6.13. The van der Waals surface area contributed by atoms with Crippen LogP contribution in [0, 0.1) is 17.3 Å². The molecule has 1 saturated carbocycles. The van der Waals surface area contributed by atoms with Crippen LogP contribution in [0.2, 0.25) is 0 Å². The molecule has 2 rings (SSSR count). The van der Waals surface area contributed by atoms with Gasteiger partial charge in [-0.3, -0.25) is 4.79 Å². The van der Waals surface area contributed by atoms with E-state index in [4.69, 9.17) is 28.3 Å². The Labute approximate surface area is 132 Å². The Morgan fingerprint density at radius 1 is 1.33 bits per heavy atom. The van der Waals surface area contributed by atoms with Gasteiger partial charge in [0.25, 0.3) is 0 Å². The molecule has 0 saturated heterocycles. The van der Waals surface area contributed by atoms with Crippen molar-refractivity contribution < 1.29 is 14.7 Å². The predicted octanol–water partition coefficient (Wildman–Crippen LogP) is 3.91. The fourth-order valence-electron chi connectivity index (χ4n) is 2.58. The summed E-state index contributed by atoms with van der Waals surface area (Å²) in [5.41, 5.74) is 0.370. The molecule has 112 valence electrons. The zero-order valence-corrected chi connectivity index (χ0v) is 13.1. The highest BCUT2D eigenvalue weighted by Gasteiger charge is 2.60. The zero-order valence-electron chi connectivity index (χ0n) is 11.6. The highest BCUT2D eigenvalue weighted by molar-refractivity contribution is 6.55. The van der Waals surface area contributed by atoms with Crippen LogP contribution in [-0.2, 0) is 4.79 Å². The Hall–Kier alpha value is -1.52. The fraction of sp³-hybridized carbons (Fsp3) is 0.333. The van der Waals surface area contributed by atoms with E-state index in [1.807, 2.05) is 13.8 Å². The molecule has 0 heterocycles. The van der Waals surface area contributed by atoms with Gasteiger partial charge in [0.1, 0.15) is 4.49 Å². The van der Waals surface area contributed by atoms with E-state index in [9.17, 15) is 9.59 Å². The summed E-state index contributed by atoms with van der Waals surface area (Å²) in [5, 5.41) is 11.7. The molecule has 1 fully saturated rings. The van der Waals surface area contributed by atoms with Gasteiger partial charge < -0.3 is 10.4 Å². The SMILES string of the molecule is CC1(C)[C@H](C=C(Cl)Cl)[C@H]1C(=O)Nc1cccc(C(=O)O)c1. The Balaban J connectivity index is 2.11. The van der Waals surface area contributed by atoms with E-state index < -0.39 is 5.97 Å². The number of aromatic carboxylic acids is 1. The van der Waals surface area contributed by atoms with Crippen LogP contribution in [-0.4, -0.2) is 17.0 Å². The quantitative estimate of drug-likeness (QED) is 0.880. The van der Waals surface area contributed by atoms with Gasteiger partial charge in [-0.1, -0.05) is 43.1 Å². The molecule has 0 bridgehead atoms. The number of halogens is 2. The molecule has 1 aliphatic carbocycles. The van der Waals surface area contributed by atoms with Crippen molar-refractivity contribution in [3.8, 4) is 0 Å². The molecule has 0 spiro atoms. The number of anilines is 1. The number of carbonyl (C=O) groups is 2. The van der Waals surface area contributed by atoms with Crippen molar-refractivity contribution in [2.45, 2.75) is 13.8 Å². The summed E-state index contributed by atoms with van der Waals surface area (Å²) in [6.45, 7) is 3.92. The highest BCUT2D eigenvalue weighted by atomic mass is 35.5. The Morgan fingerprint density at radius 3 is 2.57 bits per heavy atom. The van der Waals surface area contributed by atoms with Gasteiger partial charge in [0.2, 0.25) is 5.91 Å². The van der Waals surface area contributed by atoms with Crippen molar-refractivity contribution in [1.29, 1.82) is 0 Å². The zero-order chi connectivity index (χ0) is 15.8. The summed E-state index contributed by atoms with van der Waals surface area (Å²) in [6.07, 6.45) is 1.67. The number of nitrogens with one attached hydrogen (secondary N) is 1. The van der Waals surface area contributed by atoms with Crippen LogP contribution in [0.5, 0.6) is 0 Å². The van der Waals surface area contributed by atoms with E-state index >= 15 is 0 Å². The van der Waals surface area contributed by atoms with E-state index in [1.165, 1.54) is 12.1 Å². The number of benzene rings is 1. The average Bonchev–Trinajstić information content (AvgIpc) is 2.90. The first-order valence-corrected chi connectivity index (χ1v) is 7.16. The lowest BCUT2D eigenvalue weighted by Gasteiger charge is -2.06. The van der Waals surface area contributed by atoms with E-state index in [-0.39, 0.29) is 33.2 Å². The fourth-order valence-corrected chi connectivity index (χ4v) is 2.85. The number of carboxylic acids is 1. The predicted molar refractivity (Wildman–Crippen MR) is 82.6 cm³/mol. The van der Waals surface area contributed by atoms with Crippen LogP contribution in [0.3, 0.4) is 0 Å². The van der Waals surface area contributed by atoms with Crippen LogP contribution in [0.25, 0.3) is 0 Å². The van der Waals surface area contributed by atoms with Gasteiger partial charge in [0.15, 0.2) is 0 Å². The van der Waals surface area contributed by atoms with Crippen molar-refractivity contribution >= 4 is 40.8 Å². The van der Waals surface area contributed by atoms with Gasteiger partial charge in [-0.25, -0.2) is 4.79 Å². The Morgan fingerprint density at radius 2 is 2.00 bits per heavy atom.